The van der Waals surface area contributed by atoms with Gasteiger partial charge in [-0.2, -0.15) is 11.3 Å². The number of amides is 1. The van der Waals surface area contributed by atoms with Crippen molar-refractivity contribution < 1.29 is 4.79 Å². The summed E-state index contributed by atoms with van der Waals surface area (Å²) < 4.78 is 0. The van der Waals surface area contributed by atoms with Gasteiger partial charge in [0.1, 0.15) is 0 Å². The Morgan fingerprint density at radius 2 is 2.00 bits per heavy atom. The van der Waals surface area contributed by atoms with E-state index in [1.165, 1.54) is 5.56 Å². The first kappa shape index (κ1) is 21.2. The van der Waals surface area contributed by atoms with Crippen LogP contribution >= 0.6 is 35.3 Å². The van der Waals surface area contributed by atoms with Gasteiger partial charge in [0.2, 0.25) is 5.91 Å². The molecule has 0 bridgehead atoms. The van der Waals surface area contributed by atoms with Gasteiger partial charge in [0.05, 0.1) is 6.54 Å². The van der Waals surface area contributed by atoms with Crippen molar-refractivity contribution in [2.75, 3.05) is 26.2 Å². The molecule has 1 heterocycles. The van der Waals surface area contributed by atoms with Gasteiger partial charge < -0.3 is 15.5 Å². The quantitative estimate of drug-likeness (QED) is 0.373. The summed E-state index contributed by atoms with van der Waals surface area (Å²) in [5, 5.41) is 10.5. The van der Waals surface area contributed by atoms with Crippen LogP contribution < -0.4 is 10.6 Å². The molecular formula is C15H27IN4OS. The molecule has 0 aliphatic rings. The summed E-state index contributed by atoms with van der Waals surface area (Å²) in [6.45, 7) is 9.63. The number of carbonyl (C=O) groups excluding carboxylic acids is 1. The van der Waals surface area contributed by atoms with Gasteiger partial charge in [0.25, 0.3) is 0 Å². The number of halogens is 1. The van der Waals surface area contributed by atoms with Crippen LogP contribution in [0.2, 0.25) is 0 Å². The summed E-state index contributed by atoms with van der Waals surface area (Å²) >= 11 is 1.67. The zero-order chi connectivity index (χ0) is 15.5. The summed E-state index contributed by atoms with van der Waals surface area (Å²) in [4.78, 5) is 18.3. The van der Waals surface area contributed by atoms with E-state index in [9.17, 15) is 4.79 Å². The summed E-state index contributed by atoms with van der Waals surface area (Å²) in [6.07, 6.45) is 0.491. The minimum Gasteiger partial charge on any atom is -0.357 e. The Kier molecular flexibility index (Phi) is 12.2. The Labute approximate surface area is 154 Å². The second-order valence-corrected chi connectivity index (χ2v) is 5.35. The van der Waals surface area contributed by atoms with Crippen LogP contribution in [0.3, 0.4) is 0 Å². The molecule has 0 aromatic carbocycles. The molecule has 22 heavy (non-hydrogen) atoms. The standard InChI is InChI=1S/C15H26N4OS.HI/c1-4-16-15(18-11-13-8-10-21-12-13)17-9-7-14(20)19(5-2)6-3;/h8,10,12H,4-7,9,11H2,1-3H3,(H2,16,17,18);1H. The van der Waals surface area contributed by atoms with Crippen LogP contribution in [-0.4, -0.2) is 42.9 Å². The van der Waals surface area contributed by atoms with Gasteiger partial charge in [-0.3, -0.25) is 4.79 Å². The van der Waals surface area contributed by atoms with Crippen LogP contribution in [0.4, 0.5) is 0 Å². The fraction of sp³-hybridized carbons (Fsp3) is 0.600. The highest BCUT2D eigenvalue weighted by molar-refractivity contribution is 14.0. The van der Waals surface area contributed by atoms with Crippen molar-refractivity contribution in [1.82, 2.24) is 15.5 Å². The minimum atomic E-state index is 0. The predicted octanol–water partition coefficient (Wildman–Crippen LogP) is 2.68. The van der Waals surface area contributed by atoms with E-state index in [-0.39, 0.29) is 29.9 Å². The molecule has 7 heteroatoms. The highest BCUT2D eigenvalue weighted by atomic mass is 127. The van der Waals surface area contributed by atoms with Crippen molar-refractivity contribution in [3.8, 4) is 0 Å². The predicted molar refractivity (Wildman–Crippen MR) is 105 cm³/mol. The molecule has 1 rings (SSSR count). The lowest BCUT2D eigenvalue weighted by Gasteiger charge is -2.19. The maximum Gasteiger partial charge on any atom is 0.224 e. The van der Waals surface area contributed by atoms with Crippen LogP contribution in [0.1, 0.15) is 32.8 Å². The number of carbonyl (C=O) groups is 1. The second kappa shape index (κ2) is 12.7. The number of thiophene rings is 1. The number of guanidine groups is 1. The largest absolute Gasteiger partial charge is 0.357 e. The molecular weight excluding hydrogens is 411 g/mol. The number of aliphatic imine (C=N–C) groups is 1. The number of nitrogens with one attached hydrogen (secondary N) is 2. The second-order valence-electron chi connectivity index (χ2n) is 4.57. The minimum absolute atomic E-state index is 0. The van der Waals surface area contributed by atoms with Crippen molar-refractivity contribution >= 4 is 47.2 Å². The third kappa shape index (κ3) is 7.98. The molecule has 1 aromatic heterocycles. The lowest BCUT2D eigenvalue weighted by Crippen LogP contribution is -2.40. The summed E-state index contributed by atoms with van der Waals surface area (Å²) in [5.41, 5.74) is 1.21. The normalized spacial score (nSPS) is 10.8. The summed E-state index contributed by atoms with van der Waals surface area (Å²) in [7, 11) is 0. The maximum atomic E-state index is 11.9. The Balaban J connectivity index is 0.00000441. The lowest BCUT2D eigenvalue weighted by molar-refractivity contribution is -0.130. The first-order valence-electron chi connectivity index (χ1n) is 7.52. The van der Waals surface area contributed by atoms with E-state index in [0.29, 0.717) is 19.5 Å². The van der Waals surface area contributed by atoms with Crippen LogP contribution in [0, 0.1) is 0 Å². The van der Waals surface area contributed by atoms with Gasteiger partial charge in [0.15, 0.2) is 5.96 Å². The number of nitrogens with zero attached hydrogens (tertiary/aromatic N) is 2. The Morgan fingerprint density at radius 1 is 1.27 bits per heavy atom. The molecule has 0 aliphatic heterocycles. The summed E-state index contributed by atoms with van der Waals surface area (Å²) in [5.74, 6) is 0.942. The molecule has 0 unspecified atom stereocenters. The van der Waals surface area contributed by atoms with Gasteiger partial charge in [-0.15, -0.1) is 24.0 Å². The third-order valence-electron chi connectivity index (χ3n) is 3.09. The fourth-order valence-corrected chi connectivity index (χ4v) is 2.58. The molecule has 5 nitrogen and oxygen atoms in total. The van der Waals surface area contributed by atoms with Crippen LogP contribution in [-0.2, 0) is 11.3 Å². The molecule has 126 valence electrons. The molecule has 0 aliphatic carbocycles. The molecule has 0 spiro atoms. The van der Waals surface area contributed by atoms with Crippen LogP contribution in [0.5, 0.6) is 0 Å². The number of hydrogen-bond acceptors (Lipinski definition) is 3. The van der Waals surface area contributed by atoms with E-state index in [2.05, 4.69) is 27.1 Å². The van der Waals surface area contributed by atoms with Crippen LogP contribution in [0.15, 0.2) is 21.8 Å². The van der Waals surface area contributed by atoms with Crippen molar-refractivity contribution in [2.24, 2.45) is 4.99 Å². The Bertz CT molecular complexity index is 433. The molecule has 0 saturated carbocycles. The average Bonchev–Trinajstić information content (AvgIpc) is 2.99. The van der Waals surface area contributed by atoms with Gasteiger partial charge in [-0.05, 0) is 43.2 Å². The third-order valence-corrected chi connectivity index (χ3v) is 3.82. The highest BCUT2D eigenvalue weighted by Crippen LogP contribution is 2.06. The first-order chi connectivity index (χ1) is 10.2. The van der Waals surface area contributed by atoms with Gasteiger partial charge in [0, 0.05) is 32.6 Å². The molecule has 0 saturated heterocycles. The highest BCUT2D eigenvalue weighted by Gasteiger charge is 2.09. The van der Waals surface area contributed by atoms with E-state index in [4.69, 9.17) is 0 Å². The van der Waals surface area contributed by atoms with E-state index < -0.39 is 0 Å². The van der Waals surface area contributed by atoms with Gasteiger partial charge >= 0.3 is 0 Å². The molecule has 0 radical (unpaired) electrons. The Hall–Kier alpha value is -0.830. The number of hydrogen-bond donors (Lipinski definition) is 2. The van der Waals surface area contributed by atoms with Gasteiger partial charge in [-0.25, -0.2) is 4.99 Å². The van der Waals surface area contributed by atoms with Crippen LogP contribution in [0.25, 0.3) is 0 Å². The van der Waals surface area contributed by atoms with Crippen molar-refractivity contribution in [3.63, 3.8) is 0 Å². The fourth-order valence-electron chi connectivity index (χ4n) is 1.92. The number of rotatable bonds is 8. The zero-order valence-electron chi connectivity index (χ0n) is 13.6. The lowest BCUT2D eigenvalue weighted by atomic mass is 10.3. The first-order valence-corrected chi connectivity index (χ1v) is 8.46. The monoisotopic (exact) mass is 438 g/mol. The molecule has 0 fully saturated rings. The van der Waals surface area contributed by atoms with Crippen molar-refractivity contribution in [1.29, 1.82) is 0 Å². The van der Waals surface area contributed by atoms with Gasteiger partial charge in [-0.1, -0.05) is 0 Å². The molecule has 0 atom stereocenters. The topological polar surface area (TPSA) is 56.7 Å². The smallest absolute Gasteiger partial charge is 0.224 e. The SMILES string of the molecule is CCNC(=NCc1ccsc1)NCCC(=O)N(CC)CC.I. The van der Waals surface area contributed by atoms with E-state index in [1.807, 2.05) is 31.1 Å². The zero-order valence-corrected chi connectivity index (χ0v) is 16.7. The average molecular weight is 438 g/mol. The van der Waals surface area contributed by atoms with E-state index in [1.54, 1.807) is 11.3 Å². The molecule has 2 N–H and O–H groups in total. The Morgan fingerprint density at radius 3 is 2.55 bits per heavy atom. The van der Waals surface area contributed by atoms with E-state index in [0.717, 1.165) is 25.6 Å². The summed E-state index contributed by atoms with van der Waals surface area (Å²) in [6, 6.07) is 2.07. The maximum absolute atomic E-state index is 11.9. The molecule has 1 aromatic rings. The van der Waals surface area contributed by atoms with E-state index >= 15 is 0 Å². The van der Waals surface area contributed by atoms with Crippen molar-refractivity contribution in [3.05, 3.63) is 22.4 Å². The van der Waals surface area contributed by atoms with Crippen molar-refractivity contribution in [2.45, 2.75) is 33.7 Å². The molecule has 1 amide bonds.